The number of phenols is 1. The van der Waals surface area contributed by atoms with Crippen LogP contribution in [-0.4, -0.2) is 48.9 Å². The number of unbranched alkanes of at least 4 members (excludes halogenated alkanes) is 1. The number of phenolic OH excluding ortho intramolecular Hbond substituents is 1. The van der Waals surface area contributed by atoms with Crippen molar-refractivity contribution in [3.05, 3.63) is 29.8 Å². The molecule has 0 radical (unpaired) electrons. The van der Waals surface area contributed by atoms with Crippen LogP contribution in [0, 0.1) is 0 Å². The van der Waals surface area contributed by atoms with Crippen LogP contribution in [-0.2, 0) is 16.0 Å². The minimum absolute atomic E-state index is 0.00986. The van der Waals surface area contributed by atoms with Crippen LogP contribution in [0.25, 0.3) is 0 Å². The van der Waals surface area contributed by atoms with E-state index < -0.39 is 0 Å². The van der Waals surface area contributed by atoms with E-state index >= 15 is 0 Å². The minimum atomic E-state index is -0.335. The Kier molecular flexibility index (Phi) is 9.22. The van der Waals surface area contributed by atoms with Gasteiger partial charge in [0.15, 0.2) is 5.78 Å². The molecule has 0 heterocycles. The highest BCUT2D eigenvalue weighted by Crippen LogP contribution is 2.11. The zero-order chi connectivity index (χ0) is 17.9. The Labute approximate surface area is 143 Å². The summed E-state index contributed by atoms with van der Waals surface area (Å²) >= 11 is 0. The number of aromatic hydroxyl groups is 1. The molecule has 0 saturated heterocycles. The average molecular weight is 335 g/mol. The number of Topliss-reactive ketones (excluding diaryl/α,β-unsaturated/α-hetero) is 2. The van der Waals surface area contributed by atoms with Gasteiger partial charge in [-0.1, -0.05) is 18.6 Å². The standard InChI is InChI=1S/C18H29N3O3/c1-13(22)16(5-3-4-10-19)21-12-18(24)17(20-2)11-14-6-8-15(23)9-7-14/h6-9,16-17,20-21,23H,3-5,10-12,19H2,1-2H3/t16?,17-/m0/s1. The summed E-state index contributed by atoms with van der Waals surface area (Å²) in [5, 5.41) is 15.4. The molecule has 1 aromatic carbocycles. The van der Waals surface area contributed by atoms with Crippen LogP contribution in [0.1, 0.15) is 31.7 Å². The SMILES string of the molecule is CN[C@@H](Cc1ccc(O)cc1)C(=O)CNC(CCCCN)C(C)=O. The van der Waals surface area contributed by atoms with Crippen LogP contribution in [0.4, 0.5) is 0 Å². The Morgan fingerprint density at radius 2 is 1.83 bits per heavy atom. The second-order valence-electron chi connectivity index (χ2n) is 6.01. The first-order valence-electron chi connectivity index (χ1n) is 8.39. The fourth-order valence-electron chi connectivity index (χ4n) is 2.53. The zero-order valence-electron chi connectivity index (χ0n) is 14.5. The molecule has 1 unspecified atom stereocenters. The molecule has 6 heteroatoms. The average Bonchev–Trinajstić information content (AvgIpc) is 2.56. The maximum atomic E-state index is 12.4. The summed E-state index contributed by atoms with van der Waals surface area (Å²) in [4.78, 5) is 24.1. The van der Waals surface area contributed by atoms with E-state index in [-0.39, 0.29) is 35.9 Å². The normalized spacial score (nSPS) is 13.5. The van der Waals surface area contributed by atoms with Gasteiger partial charge in [0.2, 0.25) is 0 Å². The number of likely N-dealkylation sites (N-methyl/N-ethyl adjacent to an activating group) is 1. The van der Waals surface area contributed by atoms with Crippen LogP contribution >= 0.6 is 0 Å². The van der Waals surface area contributed by atoms with Crippen molar-refractivity contribution in [1.29, 1.82) is 0 Å². The Balaban J connectivity index is 2.52. The lowest BCUT2D eigenvalue weighted by molar-refractivity contribution is -0.121. The highest BCUT2D eigenvalue weighted by molar-refractivity contribution is 5.87. The predicted octanol–water partition coefficient (Wildman–Crippen LogP) is 0.768. The summed E-state index contributed by atoms with van der Waals surface area (Å²) < 4.78 is 0. The summed E-state index contributed by atoms with van der Waals surface area (Å²) in [5.41, 5.74) is 6.43. The first kappa shape index (κ1) is 20.3. The molecular weight excluding hydrogens is 306 g/mol. The number of carbonyl (C=O) groups excluding carboxylic acids is 2. The summed E-state index contributed by atoms with van der Waals surface area (Å²) in [6.07, 6.45) is 2.97. The quantitative estimate of drug-likeness (QED) is 0.421. The van der Waals surface area contributed by atoms with Crippen molar-refractivity contribution in [2.24, 2.45) is 5.73 Å². The van der Waals surface area contributed by atoms with Crippen molar-refractivity contribution in [3.63, 3.8) is 0 Å². The molecule has 0 aliphatic heterocycles. The van der Waals surface area contributed by atoms with Gasteiger partial charge in [0.05, 0.1) is 18.6 Å². The molecule has 0 saturated carbocycles. The molecule has 0 amide bonds. The molecule has 0 aliphatic rings. The summed E-state index contributed by atoms with van der Waals surface area (Å²) in [6.45, 7) is 2.30. The van der Waals surface area contributed by atoms with Crippen molar-refractivity contribution in [3.8, 4) is 5.75 Å². The molecule has 0 aromatic heterocycles. The number of nitrogens with two attached hydrogens (primary N) is 1. The maximum Gasteiger partial charge on any atom is 0.163 e. The number of rotatable bonds is 12. The Bertz CT molecular complexity index is 517. The van der Waals surface area contributed by atoms with Gasteiger partial charge in [0.25, 0.3) is 0 Å². The van der Waals surface area contributed by atoms with Crippen molar-refractivity contribution in [1.82, 2.24) is 10.6 Å². The lowest BCUT2D eigenvalue weighted by Crippen LogP contribution is -2.45. The second-order valence-corrected chi connectivity index (χ2v) is 6.01. The summed E-state index contributed by atoms with van der Waals surface area (Å²) in [6, 6.07) is 6.17. The molecule has 1 rings (SSSR count). The lowest BCUT2D eigenvalue weighted by atomic mass is 10.0. The molecule has 5 N–H and O–H groups in total. The van der Waals surface area contributed by atoms with E-state index in [0.29, 0.717) is 19.4 Å². The smallest absolute Gasteiger partial charge is 0.163 e. The number of carbonyl (C=O) groups is 2. The second kappa shape index (κ2) is 10.9. The fraction of sp³-hybridized carbons (Fsp3) is 0.556. The Morgan fingerprint density at radius 1 is 1.17 bits per heavy atom. The third-order valence-corrected chi connectivity index (χ3v) is 4.07. The van der Waals surface area contributed by atoms with Crippen molar-refractivity contribution in [2.75, 3.05) is 20.1 Å². The molecule has 2 atom stereocenters. The molecular formula is C18H29N3O3. The van der Waals surface area contributed by atoms with Crippen LogP contribution in [0.5, 0.6) is 5.75 Å². The fourth-order valence-corrected chi connectivity index (χ4v) is 2.53. The summed E-state index contributed by atoms with van der Waals surface area (Å²) in [7, 11) is 1.74. The number of hydrogen-bond donors (Lipinski definition) is 4. The van der Waals surface area contributed by atoms with Crippen molar-refractivity contribution < 1.29 is 14.7 Å². The van der Waals surface area contributed by atoms with Gasteiger partial charge in [0.1, 0.15) is 11.5 Å². The molecule has 6 nitrogen and oxygen atoms in total. The van der Waals surface area contributed by atoms with Crippen LogP contribution < -0.4 is 16.4 Å². The summed E-state index contributed by atoms with van der Waals surface area (Å²) in [5.74, 6) is 0.254. The molecule has 134 valence electrons. The van der Waals surface area contributed by atoms with Gasteiger partial charge in [-0.2, -0.15) is 0 Å². The molecule has 0 spiro atoms. The van der Waals surface area contributed by atoms with Gasteiger partial charge >= 0.3 is 0 Å². The van der Waals surface area contributed by atoms with E-state index in [9.17, 15) is 14.7 Å². The number of hydrogen-bond acceptors (Lipinski definition) is 6. The first-order valence-corrected chi connectivity index (χ1v) is 8.39. The van der Waals surface area contributed by atoms with Gasteiger partial charge in [-0.15, -0.1) is 0 Å². The molecule has 0 bridgehead atoms. The highest BCUT2D eigenvalue weighted by atomic mass is 16.3. The number of nitrogens with one attached hydrogen (secondary N) is 2. The van der Waals surface area contributed by atoms with Crippen molar-refractivity contribution in [2.45, 2.75) is 44.7 Å². The highest BCUT2D eigenvalue weighted by Gasteiger charge is 2.20. The van der Waals surface area contributed by atoms with E-state index in [1.807, 2.05) is 0 Å². The van der Waals surface area contributed by atoms with Gasteiger partial charge < -0.3 is 21.5 Å². The Hall–Kier alpha value is -1.76. The van der Waals surface area contributed by atoms with Crippen LogP contribution in [0.2, 0.25) is 0 Å². The molecule has 0 fully saturated rings. The van der Waals surface area contributed by atoms with Crippen LogP contribution in [0.15, 0.2) is 24.3 Å². The largest absolute Gasteiger partial charge is 0.508 e. The van der Waals surface area contributed by atoms with E-state index in [0.717, 1.165) is 18.4 Å². The number of benzene rings is 1. The lowest BCUT2D eigenvalue weighted by Gasteiger charge is -2.19. The minimum Gasteiger partial charge on any atom is -0.508 e. The number of ketones is 2. The third kappa shape index (κ3) is 7.21. The molecule has 24 heavy (non-hydrogen) atoms. The van der Waals surface area contributed by atoms with E-state index in [2.05, 4.69) is 10.6 Å². The molecule has 0 aliphatic carbocycles. The molecule has 1 aromatic rings. The predicted molar refractivity (Wildman–Crippen MR) is 95.0 cm³/mol. The topological polar surface area (TPSA) is 104 Å². The van der Waals surface area contributed by atoms with Gasteiger partial charge in [-0.25, -0.2) is 0 Å². The van der Waals surface area contributed by atoms with Gasteiger partial charge in [0, 0.05) is 0 Å². The third-order valence-electron chi connectivity index (χ3n) is 4.07. The van der Waals surface area contributed by atoms with Gasteiger partial charge in [-0.05, 0) is 57.5 Å². The van der Waals surface area contributed by atoms with Gasteiger partial charge in [-0.3, -0.25) is 9.59 Å². The van der Waals surface area contributed by atoms with Crippen molar-refractivity contribution >= 4 is 11.6 Å². The van der Waals surface area contributed by atoms with E-state index in [1.54, 1.807) is 31.3 Å². The van der Waals surface area contributed by atoms with E-state index in [1.165, 1.54) is 6.92 Å². The maximum absolute atomic E-state index is 12.4. The monoisotopic (exact) mass is 335 g/mol. The first-order chi connectivity index (χ1) is 11.5. The Morgan fingerprint density at radius 3 is 2.38 bits per heavy atom. The zero-order valence-corrected chi connectivity index (χ0v) is 14.5. The van der Waals surface area contributed by atoms with E-state index in [4.69, 9.17) is 5.73 Å². The van der Waals surface area contributed by atoms with Crippen LogP contribution in [0.3, 0.4) is 0 Å².